The van der Waals surface area contributed by atoms with E-state index in [0.717, 1.165) is 24.8 Å². The molecule has 0 bridgehead atoms. The third-order valence-corrected chi connectivity index (χ3v) is 4.74. The van der Waals surface area contributed by atoms with Gasteiger partial charge < -0.3 is 14.2 Å². The Morgan fingerprint density at radius 2 is 1.78 bits per heavy atom. The fourth-order valence-corrected chi connectivity index (χ4v) is 3.41. The Balaban J connectivity index is 3.16. The normalized spacial score (nSPS) is 20.9. The standard InChI is InChI=1S/C21H30O6/c1-14-8-7-10-21(5,6)19(14)12-20(27-17(4)24)18(13-26-16(3)23)9-11-25-15(2)22/h9,11,13,19-20H,1,7-8,10,12H2,2-6H3/b11-9-,18-13-/t19-,20+/m1/s1. The molecule has 1 aliphatic carbocycles. The molecule has 0 aromatic rings. The first-order valence-electron chi connectivity index (χ1n) is 9.09. The average molecular weight is 378 g/mol. The van der Waals surface area contributed by atoms with Gasteiger partial charge in [-0.25, -0.2) is 0 Å². The van der Waals surface area contributed by atoms with Crippen molar-refractivity contribution in [1.82, 2.24) is 0 Å². The first-order valence-corrected chi connectivity index (χ1v) is 9.09. The molecule has 0 spiro atoms. The average Bonchev–Trinajstić information content (AvgIpc) is 2.52. The van der Waals surface area contributed by atoms with Crippen molar-refractivity contribution in [2.75, 3.05) is 0 Å². The van der Waals surface area contributed by atoms with Crippen LogP contribution in [0, 0.1) is 11.3 Å². The fraction of sp³-hybridized carbons (Fsp3) is 0.571. The molecule has 1 saturated carbocycles. The molecule has 1 fully saturated rings. The Hall–Kier alpha value is -2.37. The Bertz CT molecular complexity index is 641. The van der Waals surface area contributed by atoms with Gasteiger partial charge >= 0.3 is 17.9 Å². The van der Waals surface area contributed by atoms with E-state index in [-0.39, 0.29) is 11.3 Å². The van der Waals surface area contributed by atoms with Gasteiger partial charge in [-0.3, -0.25) is 14.4 Å². The van der Waals surface area contributed by atoms with Crippen LogP contribution in [0.2, 0.25) is 0 Å². The number of rotatable bonds is 7. The molecular weight excluding hydrogens is 348 g/mol. The van der Waals surface area contributed by atoms with Gasteiger partial charge in [0, 0.05) is 26.3 Å². The fourth-order valence-electron chi connectivity index (χ4n) is 3.41. The lowest BCUT2D eigenvalue weighted by atomic mass is 9.64. The van der Waals surface area contributed by atoms with Crippen LogP contribution >= 0.6 is 0 Å². The summed E-state index contributed by atoms with van der Waals surface area (Å²) in [6.45, 7) is 12.4. The Morgan fingerprint density at radius 3 is 2.30 bits per heavy atom. The van der Waals surface area contributed by atoms with Crippen LogP contribution in [0.5, 0.6) is 0 Å². The largest absolute Gasteiger partial charge is 0.458 e. The molecule has 1 rings (SSSR count). The van der Waals surface area contributed by atoms with E-state index in [9.17, 15) is 14.4 Å². The van der Waals surface area contributed by atoms with Gasteiger partial charge in [-0.2, -0.15) is 0 Å². The molecule has 6 heteroatoms. The lowest BCUT2D eigenvalue weighted by Gasteiger charge is -2.41. The molecule has 150 valence electrons. The molecule has 0 aliphatic heterocycles. The summed E-state index contributed by atoms with van der Waals surface area (Å²) in [5.41, 5.74) is 1.56. The van der Waals surface area contributed by atoms with Gasteiger partial charge in [0.1, 0.15) is 12.4 Å². The summed E-state index contributed by atoms with van der Waals surface area (Å²) in [5.74, 6) is -1.30. The second-order valence-electron chi connectivity index (χ2n) is 7.53. The maximum absolute atomic E-state index is 11.7. The summed E-state index contributed by atoms with van der Waals surface area (Å²) in [7, 11) is 0. The predicted molar refractivity (Wildman–Crippen MR) is 101 cm³/mol. The Morgan fingerprint density at radius 1 is 1.15 bits per heavy atom. The van der Waals surface area contributed by atoms with Crippen LogP contribution in [0.4, 0.5) is 0 Å². The van der Waals surface area contributed by atoms with Gasteiger partial charge in [0.15, 0.2) is 0 Å². The Kier molecular flexibility index (Phi) is 8.47. The lowest BCUT2D eigenvalue weighted by Crippen LogP contribution is -2.34. The van der Waals surface area contributed by atoms with Crippen LogP contribution in [-0.2, 0) is 28.6 Å². The van der Waals surface area contributed by atoms with Crippen molar-refractivity contribution in [1.29, 1.82) is 0 Å². The molecular formula is C21H30O6. The van der Waals surface area contributed by atoms with Gasteiger partial charge in [0.2, 0.25) is 0 Å². The van der Waals surface area contributed by atoms with Crippen LogP contribution in [-0.4, -0.2) is 24.0 Å². The molecule has 0 heterocycles. The summed E-state index contributed by atoms with van der Waals surface area (Å²) in [6, 6.07) is 0. The zero-order valence-corrected chi connectivity index (χ0v) is 16.9. The van der Waals surface area contributed by atoms with Gasteiger partial charge in [0.05, 0.1) is 6.26 Å². The van der Waals surface area contributed by atoms with Gasteiger partial charge in [-0.15, -0.1) is 0 Å². The zero-order valence-electron chi connectivity index (χ0n) is 16.9. The molecule has 0 aromatic carbocycles. The number of esters is 3. The van der Waals surface area contributed by atoms with E-state index < -0.39 is 24.0 Å². The minimum atomic E-state index is -0.659. The number of ether oxygens (including phenoxy) is 3. The number of hydrogen-bond acceptors (Lipinski definition) is 6. The minimum absolute atomic E-state index is 0.0138. The van der Waals surface area contributed by atoms with E-state index >= 15 is 0 Å². The van der Waals surface area contributed by atoms with E-state index in [2.05, 4.69) is 20.4 Å². The Labute approximate surface area is 161 Å². The molecule has 0 unspecified atom stereocenters. The molecule has 0 N–H and O–H groups in total. The van der Waals surface area contributed by atoms with E-state index in [1.54, 1.807) is 0 Å². The van der Waals surface area contributed by atoms with Gasteiger partial charge in [-0.1, -0.05) is 26.0 Å². The van der Waals surface area contributed by atoms with Crippen LogP contribution in [0.3, 0.4) is 0 Å². The van der Waals surface area contributed by atoms with Gasteiger partial charge in [0.25, 0.3) is 0 Å². The third-order valence-electron chi connectivity index (χ3n) is 4.74. The number of allylic oxidation sites excluding steroid dienone is 1. The van der Waals surface area contributed by atoms with E-state index in [1.807, 2.05) is 0 Å². The van der Waals surface area contributed by atoms with Crippen molar-refractivity contribution in [3.8, 4) is 0 Å². The summed E-state index contributed by atoms with van der Waals surface area (Å²) < 4.78 is 15.3. The van der Waals surface area contributed by atoms with E-state index in [4.69, 9.17) is 14.2 Å². The van der Waals surface area contributed by atoms with Crippen LogP contribution in [0.25, 0.3) is 0 Å². The summed E-state index contributed by atoms with van der Waals surface area (Å²) in [6.07, 6.45) is 6.81. The topological polar surface area (TPSA) is 78.9 Å². The molecule has 2 atom stereocenters. The molecule has 0 amide bonds. The number of carbonyl (C=O) groups is 3. The van der Waals surface area contributed by atoms with Gasteiger partial charge in [-0.05, 0) is 43.1 Å². The molecule has 0 saturated heterocycles. The summed E-state index contributed by atoms with van der Waals surface area (Å²) in [4.78, 5) is 33.9. The van der Waals surface area contributed by atoms with Crippen molar-refractivity contribution in [2.45, 2.75) is 66.4 Å². The molecule has 27 heavy (non-hydrogen) atoms. The SMILES string of the molecule is C=C1CCCC(C)(C)[C@@H]1C[C@H](OC(C)=O)C(/C=C\OC(C)=O)=C\OC(C)=O. The van der Waals surface area contributed by atoms with Crippen molar-refractivity contribution >= 4 is 17.9 Å². The molecule has 0 aromatic heterocycles. The quantitative estimate of drug-likeness (QED) is 0.217. The lowest BCUT2D eigenvalue weighted by molar-refractivity contribution is -0.145. The van der Waals surface area contributed by atoms with E-state index in [1.165, 1.54) is 39.4 Å². The smallest absolute Gasteiger partial charge is 0.307 e. The second kappa shape index (κ2) is 10.1. The first kappa shape index (κ1) is 22.7. The highest BCUT2D eigenvalue weighted by atomic mass is 16.5. The summed E-state index contributed by atoms with van der Waals surface area (Å²) in [5, 5.41) is 0. The minimum Gasteiger partial charge on any atom is -0.458 e. The number of carbonyl (C=O) groups excluding carboxylic acids is 3. The molecule has 0 radical (unpaired) electrons. The third kappa shape index (κ3) is 7.81. The summed E-state index contributed by atoms with van der Waals surface area (Å²) >= 11 is 0. The maximum Gasteiger partial charge on any atom is 0.307 e. The van der Waals surface area contributed by atoms with Crippen molar-refractivity contribution in [2.24, 2.45) is 11.3 Å². The predicted octanol–water partition coefficient (Wildman–Crippen LogP) is 4.21. The van der Waals surface area contributed by atoms with Crippen molar-refractivity contribution in [3.05, 3.63) is 36.3 Å². The highest BCUT2D eigenvalue weighted by molar-refractivity contribution is 5.68. The van der Waals surface area contributed by atoms with Crippen LogP contribution in [0.1, 0.15) is 60.3 Å². The first-order chi connectivity index (χ1) is 12.5. The maximum atomic E-state index is 11.7. The highest BCUT2D eigenvalue weighted by Gasteiger charge is 2.37. The second-order valence-corrected chi connectivity index (χ2v) is 7.53. The van der Waals surface area contributed by atoms with Crippen molar-refractivity contribution in [3.63, 3.8) is 0 Å². The molecule has 6 nitrogen and oxygen atoms in total. The molecule has 1 aliphatic rings. The van der Waals surface area contributed by atoms with E-state index in [0.29, 0.717) is 12.0 Å². The zero-order chi connectivity index (χ0) is 20.6. The van der Waals surface area contributed by atoms with Crippen molar-refractivity contribution < 1.29 is 28.6 Å². The number of hydrogen-bond donors (Lipinski definition) is 0. The van der Waals surface area contributed by atoms with Crippen LogP contribution in [0.15, 0.2) is 36.3 Å². The highest BCUT2D eigenvalue weighted by Crippen LogP contribution is 2.46. The monoisotopic (exact) mass is 378 g/mol. The van der Waals surface area contributed by atoms with Crippen LogP contribution < -0.4 is 0 Å².